The number of hydrogen-bond donors (Lipinski definition) is 0. The van der Waals surface area contributed by atoms with Crippen LogP contribution in [0.25, 0.3) is 0 Å². The summed E-state index contributed by atoms with van der Waals surface area (Å²) in [4.78, 5) is 0. The summed E-state index contributed by atoms with van der Waals surface area (Å²) in [6, 6.07) is 23.1. The van der Waals surface area contributed by atoms with Gasteiger partial charge in [-0.3, -0.25) is 0 Å². The molecule has 24 heavy (non-hydrogen) atoms. The third-order valence-corrected chi connectivity index (χ3v) is 3.07. The molecule has 0 aliphatic carbocycles. The van der Waals surface area contributed by atoms with E-state index < -0.39 is 0 Å². The molecule has 3 aromatic carbocycles. The maximum Gasteiger partial charge on any atom is 4.00 e. The summed E-state index contributed by atoms with van der Waals surface area (Å²) in [5.41, 5.74) is 6.76. The van der Waals surface area contributed by atoms with Crippen molar-refractivity contribution in [1.82, 2.24) is 0 Å². The molecule has 0 spiro atoms. The predicted molar refractivity (Wildman–Crippen MR) is 94.2 cm³/mol. The predicted octanol–water partition coefficient (Wildman–Crippen LogP) is 0.0452. The zero-order valence-electron chi connectivity index (χ0n) is 15.1. The zero-order chi connectivity index (χ0) is 15.7. The molecule has 0 aromatic heterocycles. The summed E-state index contributed by atoms with van der Waals surface area (Å²) in [7, 11) is 0. The second-order valence-electron chi connectivity index (χ2n) is 5.59. The van der Waals surface area contributed by atoms with Crippen molar-refractivity contribution in [3.05, 3.63) is 94.5 Å². The summed E-state index contributed by atoms with van der Waals surface area (Å²) in [6.45, 7) is 10.5. The molecule has 3 heteroatoms. The topological polar surface area (TPSA) is 0 Å². The van der Waals surface area contributed by atoms with Gasteiger partial charge in [-0.1, -0.05) is 63.6 Å². The van der Waals surface area contributed by atoms with Crippen molar-refractivity contribution in [2.75, 3.05) is 0 Å². The van der Waals surface area contributed by atoms with Crippen LogP contribution in [0.5, 0.6) is 0 Å². The van der Waals surface area contributed by atoms with Gasteiger partial charge in [-0.15, -0.1) is 0 Å². The third-order valence-electron chi connectivity index (χ3n) is 3.07. The van der Waals surface area contributed by atoms with Crippen LogP contribution in [0.4, 0.5) is 0 Å². The van der Waals surface area contributed by atoms with E-state index in [1.165, 1.54) is 27.8 Å². The van der Waals surface area contributed by atoms with Crippen LogP contribution in [0.3, 0.4) is 0 Å². The molecule has 0 N–H and O–H groups in total. The standard InChI is InChI=1S/2C7H9.C7H8.2ClH.Zr/c2*1-6-3-4-7(2)5-6;1-7-5-3-2-4-6-7;;;/h2*3-5H,1-2H3;2-6H,1H3;2*1H;/q2*-1;;;;+4/p-2. The molecular formula is C21H26Cl2Zr. The van der Waals surface area contributed by atoms with Crippen molar-refractivity contribution in [3.63, 3.8) is 0 Å². The monoisotopic (exact) mass is 438 g/mol. The molecule has 0 saturated heterocycles. The molecule has 128 valence electrons. The van der Waals surface area contributed by atoms with Gasteiger partial charge in [0, 0.05) is 0 Å². The van der Waals surface area contributed by atoms with Gasteiger partial charge in [-0.05, 0) is 6.92 Å². The normalized spacial score (nSPS) is 8.04. The van der Waals surface area contributed by atoms with Crippen molar-refractivity contribution in [2.45, 2.75) is 34.6 Å². The Morgan fingerprint density at radius 3 is 1.08 bits per heavy atom. The van der Waals surface area contributed by atoms with Gasteiger partial charge in [0.2, 0.25) is 0 Å². The van der Waals surface area contributed by atoms with Crippen LogP contribution in [-0.4, -0.2) is 0 Å². The maximum absolute atomic E-state index is 2.17. The van der Waals surface area contributed by atoms with Gasteiger partial charge in [-0.2, -0.15) is 35.4 Å². The van der Waals surface area contributed by atoms with Gasteiger partial charge in [0.1, 0.15) is 0 Å². The summed E-state index contributed by atoms with van der Waals surface area (Å²) in [5.74, 6) is 0. The Bertz CT molecular complexity index is 553. The molecule has 0 amide bonds. The summed E-state index contributed by atoms with van der Waals surface area (Å²) in [5, 5.41) is 0. The molecule has 0 fully saturated rings. The van der Waals surface area contributed by atoms with Crippen molar-refractivity contribution < 1.29 is 51.0 Å². The van der Waals surface area contributed by atoms with Crippen molar-refractivity contribution in [1.29, 1.82) is 0 Å². The van der Waals surface area contributed by atoms with Gasteiger partial charge in [0.05, 0.1) is 0 Å². The summed E-state index contributed by atoms with van der Waals surface area (Å²) < 4.78 is 0. The fourth-order valence-electron chi connectivity index (χ4n) is 1.97. The minimum Gasteiger partial charge on any atom is -1.00 e. The molecule has 0 unspecified atom stereocenters. The van der Waals surface area contributed by atoms with Gasteiger partial charge in [0.15, 0.2) is 0 Å². The van der Waals surface area contributed by atoms with Crippen LogP contribution in [0, 0.1) is 34.6 Å². The Morgan fingerprint density at radius 2 is 0.958 bits per heavy atom. The van der Waals surface area contributed by atoms with Crippen LogP contribution >= 0.6 is 0 Å². The van der Waals surface area contributed by atoms with Crippen LogP contribution in [0.1, 0.15) is 27.8 Å². The first kappa shape index (κ1) is 28.2. The van der Waals surface area contributed by atoms with Gasteiger partial charge >= 0.3 is 26.2 Å². The Morgan fingerprint density at radius 1 is 0.583 bits per heavy atom. The van der Waals surface area contributed by atoms with Gasteiger partial charge in [-0.25, -0.2) is 23.3 Å². The third kappa shape index (κ3) is 13.8. The smallest absolute Gasteiger partial charge is 1.00 e. The number of hydrogen-bond acceptors (Lipinski definition) is 0. The first-order valence-corrected chi connectivity index (χ1v) is 7.39. The van der Waals surface area contributed by atoms with Crippen molar-refractivity contribution in [2.24, 2.45) is 0 Å². The molecule has 3 aromatic rings. The maximum atomic E-state index is 2.17. The first-order valence-electron chi connectivity index (χ1n) is 7.39. The van der Waals surface area contributed by atoms with Crippen molar-refractivity contribution in [3.8, 4) is 0 Å². The molecular weight excluding hydrogens is 414 g/mol. The largest absolute Gasteiger partial charge is 4.00 e. The fraction of sp³-hybridized carbons (Fsp3) is 0.238. The van der Waals surface area contributed by atoms with E-state index in [9.17, 15) is 0 Å². The van der Waals surface area contributed by atoms with Crippen molar-refractivity contribution >= 4 is 0 Å². The molecule has 0 aliphatic rings. The Balaban J connectivity index is -0.000000259. The van der Waals surface area contributed by atoms with E-state index in [-0.39, 0.29) is 51.0 Å². The van der Waals surface area contributed by atoms with E-state index >= 15 is 0 Å². The van der Waals surface area contributed by atoms with Crippen LogP contribution < -0.4 is 24.8 Å². The molecule has 0 aliphatic heterocycles. The second-order valence-corrected chi connectivity index (χ2v) is 5.59. The first-order chi connectivity index (χ1) is 9.97. The van der Waals surface area contributed by atoms with Crippen LogP contribution in [0.2, 0.25) is 0 Å². The number of rotatable bonds is 0. The van der Waals surface area contributed by atoms with E-state index in [0.717, 1.165) is 0 Å². The van der Waals surface area contributed by atoms with E-state index in [1.54, 1.807) is 0 Å². The Labute approximate surface area is 179 Å². The second kappa shape index (κ2) is 15.9. The quantitative estimate of drug-likeness (QED) is 0.434. The molecule has 0 radical (unpaired) electrons. The van der Waals surface area contributed by atoms with Crippen LogP contribution in [0.15, 0.2) is 66.7 Å². The SMILES string of the molecule is Cc1cc[c-](C)c1.Cc1cc[c-](C)c1.Cc1ccccc1.[Cl-].[Cl-].[Zr+4]. The van der Waals surface area contributed by atoms with Crippen LogP contribution in [-0.2, 0) is 26.2 Å². The van der Waals surface area contributed by atoms with Gasteiger partial charge in [0.25, 0.3) is 0 Å². The zero-order valence-corrected chi connectivity index (χ0v) is 19.1. The average molecular weight is 441 g/mol. The minimum absolute atomic E-state index is 0. The average Bonchev–Trinajstić information content (AvgIpc) is 3.00. The molecule has 0 heterocycles. The van der Waals surface area contributed by atoms with E-state index in [0.29, 0.717) is 0 Å². The Hall–Kier alpha value is -0.617. The Kier molecular flexibility index (Phi) is 18.7. The molecule has 3 rings (SSSR count). The number of aryl methyl sites for hydroxylation is 5. The summed E-state index contributed by atoms with van der Waals surface area (Å²) >= 11 is 0. The number of benzene rings is 1. The van der Waals surface area contributed by atoms with E-state index in [4.69, 9.17) is 0 Å². The molecule has 0 bridgehead atoms. The number of halogens is 2. The molecule has 0 nitrogen and oxygen atoms in total. The minimum atomic E-state index is 0. The van der Waals surface area contributed by atoms with E-state index in [1.807, 2.05) is 18.2 Å². The fourth-order valence-corrected chi connectivity index (χ4v) is 1.97. The van der Waals surface area contributed by atoms with Gasteiger partial charge < -0.3 is 24.8 Å². The molecule has 0 saturated carbocycles. The molecule has 0 atom stereocenters. The summed E-state index contributed by atoms with van der Waals surface area (Å²) in [6.07, 6.45) is 0. The van der Waals surface area contributed by atoms with E-state index in [2.05, 4.69) is 83.1 Å².